The van der Waals surface area contributed by atoms with Crippen LogP contribution in [-0.2, 0) is 42.8 Å². The van der Waals surface area contributed by atoms with Gasteiger partial charge in [0.05, 0.1) is 25.2 Å². The van der Waals surface area contributed by atoms with E-state index in [1.807, 2.05) is 0 Å². The van der Waals surface area contributed by atoms with Crippen molar-refractivity contribution in [2.45, 2.75) is 201 Å². The molecule has 1 aliphatic carbocycles. The molecule has 0 spiro atoms. The molecule has 2 atom stereocenters. The van der Waals surface area contributed by atoms with Gasteiger partial charge in [-0.15, -0.1) is 0 Å². The number of esters is 3. The lowest BCUT2D eigenvalue weighted by molar-refractivity contribution is -0.150. The Morgan fingerprint density at radius 1 is 0.491 bits per heavy atom. The summed E-state index contributed by atoms with van der Waals surface area (Å²) in [5.74, 6) is -0.792. The first-order chi connectivity index (χ1) is 27.8. The highest BCUT2D eigenvalue weighted by Gasteiger charge is 2.32. The third-order valence-corrected chi connectivity index (χ3v) is 10.8. The molecule has 0 bridgehead atoms. The zero-order chi connectivity index (χ0) is 41.6. The summed E-state index contributed by atoms with van der Waals surface area (Å²) in [5.41, 5.74) is 0. The van der Waals surface area contributed by atoms with Crippen LogP contribution in [0.15, 0.2) is 0 Å². The molecule has 0 amide bonds. The Morgan fingerprint density at radius 3 is 1.49 bits per heavy atom. The van der Waals surface area contributed by atoms with E-state index in [0.717, 1.165) is 84.0 Å². The molecule has 0 N–H and O–H groups in total. The van der Waals surface area contributed by atoms with Gasteiger partial charge in [-0.3, -0.25) is 14.4 Å². The quantitative estimate of drug-likeness (QED) is 0.0332. The molecule has 0 aromatic rings. The molecule has 11 heteroatoms. The van der Waals surface area contributed by atoms with Gasteiger partial charge in [-0.2, -0.15) is 0 Å². The Bertz CT molecular complexity index is 986. The van der Waals surface area contributed by atoms with Crippen molar-refractivity contribution < 1.29 is 47.6 Å². The van der Waals surface area contributed by atoms with Crippen molar-refractivity contribution in [1.29, 1.82) is 0 Å². The number of unbranched alkanes of at least 4 members (excludes halogenated alkanes) is 16. The Morgan fingerprint density at radius 2 is 0.947 bits per heavy atom. The van der Waals surface area contributed by atoms with Crippen molar-refractivity contribution in [2.75, 3.05) is 59.3 Å². The number of rotatable bonds is 41. The molecule has 0 aromatic carbocycles. The smallest absolute Gasteiger partial charge is 0.466 e. The summed E-state index contributed by atoms with van der Waals surface area (Å²) >= 11 is 0. The third kappa shape index (κ3) is 33.2. The van der Waals surface area contributed by atoms with Crippen LogP contribution in [0, 0.1) is 11.8 Å². The minimum atomic E-state index is -0.788. The monoisotopic (exact) mass is 812 g/mol. The predicted octanol–water partition coefficient (Wildman–Crippen LogP) is 10.9. The van der Waals surface area contributed by atoms with Gasteiger partial charge in [0.25, 0.3) is 0 Å². The molecule has 1 fully saturated rings. The Labute approximate surface area is 347 Å². The Hall–Kier alpha value is -2.40. The number of hydrogen-bond donors (Lipinski definition) is 0. The van der Waals surface area contributed by atoms with E-state index >= 15 is 0 Å². The van der Waals surface area contributed by atoms with Crippen LogP contribution in [0.2, 0.25) is 0 Å². The fourth-order valence-electron chi connectivity index (χ4n) is 6.78. The van der Waals surface area contributed by atoms with E-state index in [4.69, 9.17) is 28.4 Å². The van der Waals surface area contributed by atoms with Crippen molar-refractivity contribution in [3.05, 3.63) is 0 Å². The zero-order valence-corrected chi connectivity index (χ0v) is 37.0. The van der Waals surface area contributed by atoms with Crippen molar-refractivity contribution in [3.63, 3.8) is 0 Å². The summed E-state index contributed by atoms with van der Waals surface area (Å²) in [5, 5.41) is 0. The maximum absolute atomic E-state index is 12.8. The summed E-state index contributed by atoms with van der Waals surface area (Å²) in [6, 6.07) is 0. The second kappa shape index (κ2) is 37.8. The standard InChI is InChI=1S/C46H85NO10/c1-5-9-11-13-15-16-21-25-35-53-43(48)27-22-18-17-19-23-28-44(49)55-37-40(39-57-46(51)54-36-26-33-47(7-3)8-4)38-56-45(50)32-31-42(41-29-30-41)52-34-24-20-14-12-10-6-2/h40-42H,5-39H2,1-4H3. The van der Waals surface area contributed by atoms with Crippen molar-refractivity contribution in [3.8, 4) is 0 Å². The molecule has 0 heterocycles. The molecule has 0 radical (unpaired) electrons. The average Bonchev–Trinajstić information content (AvgIpc) is 4.06. The second-order valence-corrected chi connectivity index (χ2v) is 16.0. The maximum Gasteiger partial charge on any atom is 0.508 e. The molecule has 2 unspecified atom stereocenters. The van der Waals surface area contributed by atoms with Gasteiger partial charge in [0.15, 0.2) is 0 Å². The number of carbonyl (C=O) groups excluding carboxylic acids is 4. The first kappa shape index (κ1) is 52.6. The summed E-state index contributed by atoms with van der Waals surface area (Å²) in [4.78, 5) is 52.0. The number of ether oxygens (including phenoxy) is 6. The topological polar surface area (TPSA) is 127 Å². The highest BCUT2D eigenvalue weighted by atomic mass is 16.7. The molecule has 1 aliphatic rings. The van der Waals surface area contributed by atoms with Crippen LogP contribution < -0.4 is 0 Å². The van der Waals surface area contributed by atoms with E-state index in [0.29, 0.717) is 38.2 Å². The predicted molar refractivity (Wildman–Crippen MR) is 226 cm³/mol. The molecule has 11 nitrogen and oxygen atoms in total. The minimum Gasteiger partial charge on any atom is -0.466 e. The highest BCUT2D eigenvalue weighted by Crippen LogP contribution is 2.36. The van der Waals surface area contributed by atoms with Gasteiger partial charge in [-0.05, 0) is 70.4 Å². The summed E-state index contributed by atoms with van der Waals surface area (Å²) in [7, 11) is 0. The largest absolute Gasteiger partial charge is 0.508 e. The van der Waals surface area contributed by atoms with Crippen LogP contribution in [0.3, 0.4) is 0 Å². The van der Waals surface area contributed by atoms with E-state index in [2.05, 4.69) is 32.6 Å². The van der Waals surface area contributed by atoms with Gasteiger partial charge in [0, 0.05) is 32.4 Å². The summed E-state index contributed by atoms with van der Waals surface area (Å²) in [6.45, 7) is 12.7. The van der Waals surface area contributed by atoms with E-state index in [-0.39, 0.29) is 63.3 Å². The van der Waals surface area contributed by atoms with Gasteiger partial charge < -0.3 is 33.3 Å². The maximum atomic E-state index is 12.8. The average molecular weight is 812 g/mol. The first-order valence-electron chi connectivity index (χ1n) is 23.4. The van der Waals surface area contributed by atoms with Crippen molar-refractivity contribution >= 4 is 24.1 Å². The van der Waals surface area contributed by atoms with E-state index in [9.17, 15) is 19.2 Å². The van der Waals surface area contributed by atoms with Crippen LogP contribution in [0.25, 0.3) is 0 Å². The first-order valence-corrected chi connectivity index (χ1v) is 23.4. The van der Waals surface area contributed by atoms with Crippen LogP contribution >= 0.6 is 0 Å². The summed E-state index contributed by atoms with van der Waals surface area (Å²) < 4.78 is 33.3. The SMILES string of the molecule is CCCCCCCCCCOC(=O)CCCCCCCC(=O)OCC(COC(=O)CCC(OCCCCCCCC)C1CC1)COC(=O)OCCCN(CC)CC. The van der Waals surface area contributed by atoms with E-state index in [1.54, 1.807) is 0 Å². The van der Waals surface area contributed by atoms with E-state index < -0.39 is 12.1 Å². The fraction of sp³-hybridized carbons (Fsp3) is 0.913. The van der Waals surface area contributed by atoms with Gasteiger partial charge in [-0.25, -0.2) is 4.79 Å². The van der Waals surface area contributed by atoms with Gasteiger partial charge in [-0.1, -0.05) is 124 Å². The van der Waals surface area contributed by atoms with Crippen LogP contribution in [0.1, 0.15) is 195 Å². The third-order valence-electron chi connectivity index (χ3n) is 10.8. The van der Waals surface area contributed by atoms with Crippen molar-refractivity contribution in [1.82, 2.24) is 4.90 Å². The van der Waals surface area contributed by atoms with Crippen LogP contribution in [0.5, 0.6) is 0 Å². The fourth-order valence-corrected chi connectivity index (χ4v) is 6.78. The zero-order valence-electron chi connectivity index (χ0n) is 37.0. The van der Waals surface area contributed by atoms with Gasteiger partial charge >= 0.3 is 24.1 Å². The molecule has 0 saturated heterocycles. The van der Waals surface area contributed by atoms with Crippen LogP contribution in [0.4, 0.5) is 4.79 Å². The molecule has 1 saturated carbocycles. The van der Waals surface area contributed by atoms with Gasteiger partial charge in [0.1, 0.15) is 19.8 Å². The van der Waals surface area contributed by atoms with Gasteiger partial charge in [0.2, 0.25) is 0 Å². The summed E-state index contributed by atoms with van der Waals surface area (Å²) in [6.07, 6.45) is 25.0. The Balaban J connectivity index is 2.35. The van der Waals surface area contributed by atoms with E-state index in [1.165, 1.54) is 70.6 Å². The normalized spacial score (nSPS) is 13.6. The minimum absolute atomic E-state index is 0.0321. The Kier molecular flexibility index (Phi) is 34.9. The second-order valence-electron chi connectivity index (χ2n) is 16.0. The molecule has 57 heavy (non-hydrogen) atoms. The van der Waals surface area contributed by atoms with Crippen LogP contribution in [-0.4, -0.2) is 94.3 Å². The lowest BCUT2D eigenvalue weighted by atomic mass is 10.1. The lowest BCUT2D eigenvalue weighted by Gasteiger charge is -2.19. The number of hydrogen-bond acceptors (Lipinski definition) is 11. The highest BCUT2D eigenvalue weighted by molar-refractivity contribution is 5.70. The molecule has 1 rings (SSSR count). The molecule has 0 aromatic heterocycles. The molecular weight excluding hydrogens is 727 g/mol. The lowest BCUT2D eigenvalue weighted by Crippen LogP contribution is -2.27. The number of nitrogens with zero attached hydrogens (tertiary/aromatic N) is 1. The molecule has 0 aliphatic heterocycles. The number of carbonyl (C=O) groups is 4. The molecule has 334 valence electrons. The van der Waals surface area contributed by atoms with Crippen molar-refractivity contribution in [2.24, 2.45) is 11.8 Å². The molecular formula is C46H85NO10.